The molecule has 0 bridgehead atoms. The number of hydrogen-bond acceptors (Lipinski definition) is 2. The molecule has 0 spiro atoms. The fourth-order valence-corrected chi connectivity index (χ4v) is 1.66. The zero-order valence-electron chi connectivity index (χ0n) is 10.3. The summed E-state index contributed by atoms with van der Waals surface area (Å²) in [7, 11) is 1.63. The summed E-state index contributed by atoms with van der Waals surface area (Å²) < 4.78 is 10.4. The van der Waals surface area contributed by atoms with Crippen molar-refractivity contribution in [1.82, 2.24) is 0 Å². The highest BCUT2D eigenvalue weighted by Crippen LogP contribution is 2.27. The molecule has 1 rings (SSSR count). The van der Waals surface area contributed by atoms with Crippen molar-refractivity contribution in [2.75, 3.05) is 13.9 Å². The third-order valence-corrected chi connectivity index (χ3v) is 2.47. The van der Waals surface area contributed by atoms with Crippen LogP contribution in [-0.4, -0.2) is 13.9 Å². The Morgan fingerprint density at radius 1 is 1.13 bits per heavy atom. The quantitative estimate of drug-likeness (QED) is 0.706. The van der Waals surface area contributed by atoms with Gasteiger partial charge in [-0.2, -0.15) is 0 Å². The van der Waals surface area contributed by atoms with E-state index in [2.05, 4.69) is 39.8 Å². The van der Waals surface area contributed by atoms with Gasteiger partial charge in [-0.25, -0.2) is 0 Å². The first-order chi connectivity index (χ1) is 7.06. The van der Waals surface area contributed by atoms with Crippen molar-refractivity contribution < 1.29 is 9.47 Å². The van der Waals surface area contributed by atoms with Crippen molar-refractivity contribution in [3.05, 3.63) is 28.8 Å². The van der Waals surface area contributed by atoms with Gasteiger partial charge in [0.25, 0.3) is 0 Å². The molecular formula is C13H20O2. The fraction of sp³-hybridized carbons (Fsp3) is 0.538. The van der Waals surface area contributed by atoms with Crippen molar-refractivity contribution in [1.29, 1.82) is 0 Å². The van der Waals surface area contributed by atoms with Crippen LogP contribution in [-0.2, 0) is 4.74 Å². The van der Waals surface area contributed by atoms with Gasteiger partial charge in [0, 0.05) is 7.11 Å². The van der Waals surface area contributed by atoms with Crippen LogP contribution in [0, 0.1) is 13.8 Å². The SMILES string of the molecule is COCOc1c(C)cc(C(C)C)cc1C. The summed E-state index contributed by atoms with van der Waals surface area (Å²) in [5, 5.41) is 0. The minimum absolute atomic E-state index is 0.308. The van der Waals surface area contributed by atoms with Gasteiger partial charge >= 0.3 is 0 Å². The lowest BCUT2D eigenvalue weighted by Crippen LogP contribution is -2.03. The van der Waals surface area contributed by atoms with E-state index in [1.54, 1.807) is 7.11 Å². The maximum Gasteiger partial charge on any atom is 0.188 e. The molecule has 0 fully saturated rings. The van der Waals surface area contributed by atoms with Crippen LogP contribution in [0.2, 0.25) is 0 Å². The molecule has 0 saturated heterocycles. The summed E-state index contributed by atoms with van der Waals surface area (Å²) >= 11 is 0. The van der Waals surface area contributed by atoms with Gasteiger partial charge in [-0.3, -0.25) is 0 Å². The maximum absolute atomic E-state index is 5.53. The average Bonchev–Trinajstić information content (AvgIpc) is 2.16. The zero-order chi connectivity index (χ0) is 11.4. The molecule has 0 aromatic heterocycles. The van der Waals surface area contributed by atoms with E-state index in [0.717, 1.165) is 5.75 Å². The summed E-state index contributed by atoms with van der Waals surface area (Å²) in [5.74, 6) is 1.50. The van der Waals surface area contributed by atoms with Gasteiger partial charge in [0.2, 0.25) is 0 Å². The molecular weight excluding hydrogens is 188 g/mol. The van der Waals surface area contributed by atoms with Crippen molar-refractivity contribution in [2.24, 2.45) is 0 Å². The number of rotatable bonds is 4. The normalized spacial score (nSPS) is 10.8. The number of ether oxygens (including phenoxy) is 2. The Kier molecular flexibility index (Phi) is 4.15. The minimum Gasteiger partial charge on any atom is -0.467 e. The Morgan fingerprint density at radius 2 is 1.67 bits per heavy atom. The molecule has 0 aliphatic carbocycles. The van der Waals surface area contributed by atoms with E-state index >= 15 is 0 Å². The van der Waals surface area contributed by atoms with Crippen LogP contribution in [0.5, 0.6) is 5.75 Å². The Balaban J connectivity index is 2.99. The van der Waals surface area contributed by atoms with Crippen molar-refractivity contribution in [2.45, 2.75) is 33.6 Å². The number of benzene rings is 1. The summed E-state index contributed by atoms with van der Waals surface area (Å²) in [5.41, 5.74) is 3.71. The van der Waals surface area contributed by atoms with Gasteiger partial charge in [-0.1, -0.05) is 26.0 Å². The van der Waals surface area contributed by atoms with Gasteiger partial charge in [0.15, 0.2) is 6.79 Å². The van der Waals surface area contributed by atoms with Crippen LogP contribution in [0.1, 0.15) is 36.5 Å². The van der Waals surface area contributed by atoms with E-state index in [0.29, 0.717) is 12.7 Å². The molecule has 2 heteroatoms. The van der Waals surface area contributed by atoms with Gasteiger partial charge in [-0.15, -0.1) is 0 Å². The lowest BCUT2D eigenvalue weighted by Gasteiger charge is -2.14. The molecule has 2 nitrogen and oxygen atoms in total. The van der Waals surface area contributed by atoms with Crippen LogP contribution in [0.15, 0.2) is 12.1 Å². The smallest absolute Gasteiger partial charge is 0.188 e. The van der Waals surface area contributed by atoms with Gasteiger partial charge in [-0.05, 0) is 36.5 Å². The molecule has 15 heavy (non-hydrogen) atoms. The molecule has 0 N–H and O–H groups in total. The summed E-state index contributed by atoms with van der Waals surface area (Å²) in [6.45, 7) is 8.85. The van der Waals surface area contributed by atoms with E-state index in [9.17, 15) is 0 Å². The van der Waals surface area contributed by atoms with Crippen LogP contribution in [0.4, 0.5) is 0 Å². The van der Waals surface area contributed by atoms with E-state index in [-0.39, 0.29) is 0 Å². The Hall–Kier alpha value is -1.02. The fourth-order valence-electron chi connectivity index (χ4n) is 1.66. The molecule has 0 amide bonds. The maximum atomic E-state index is 5.53. The van der Waals surface area contributed by atoms with Crippen molar-refractivity contribution in [3.8, 4) is 5.75 Å². The predicted molar refractivity (Wildman–Crippen MR) is 62.5 cm³/mol. The van der Waals surface area contributed by atoms with Gasteiger partial charge < -0.3 is 9.47 Å². The summed E-state index contributed by atoms with van der Waals surface area (Å²) in [6, 6.07) is 4.37. The van der Waals surface area contributed by atoms with E-state index in [1.165, 1.54) is 16.7 Å². The molecule has 0 saturated carbocycles. The lowest BCUT2D eigenvalue weighted by molar-refractivity contribution is 0.0501. The summed E-state index contributed by atoms with van der Waals surface area (Å²) in [4.78, 5) is 0. The molecule has 1 aromatic carbocycles. The molecule has 1 aromatic rings. The molecule has 0 aliphatic heterocycles. The highest BCUT2D eigenvalue weighted by atomic mass is 16.7. The zero-order valence-corrected chi connectivity index (χ0v) is 10.3. The first-order valence-electron chi connectivity index (χ1n) is 5.29. The Labute approximate surface area is 92.2 Å². The third-order valence-electron chi connectivity index (χ3n) is 2.47. The molecule has 0 unspecified atom stereocenters. The second-order valence-corrected chi connectivity index (χ2v) is 4.19. The Morgan fingerprint density at radius 3 is 2.07 bits per heavy atom. The van der Waals surface area contributed by atoms with Crippen LogP contribution in [0.3, 0.4) is 0 Å². The predicted octanol–water partition coefficient (Wildman–Crippen LogP) is 3.41. The minimum atomic E-state index is 0.308. The van der Waals surface area contributed by atoms with E-state index in [1.807, 2.05) is 0 Å². The van der Waals surface area contributed by atoms with Crippen molar-refractivity contribution in [3.63, 3.8) is 0 Å². The highest BCUT2D eigenvalue weighted by molar-refractivity contribution is 5.44. The number of aryl methyl sites for hydroxylation is 2. The Bertz CT molecular complexity index is 306. The molecule has 0 heterocycles. The number of methoxy groups -OCH3 is 1. The van der Waals surface area contributed by atoms with Crippen LogP contribution >= 0.6 is 0 Å². The first kappa shape index (κ1) is 12.1. The van der Waals surface area contributed by atoms with Crippen LogP contribution < -0.4 is 4.74 Å². The monoisotopic (exact) mass is 208 g/mol. The third kappa shape index (κ3) is 2.96. The second-order valence-electron chi connectivity index (χ2n) is 4.19. The summed E-state index contributed by atoms with van der Waals surface area (Å²) in [6.07, 6.45) is 0. The van der Waals surface area contributed by atoms with Crippen LogP contribution in [0.25, 0.3) is 0 Å². The molecule has 0 atom stereocenters. The van der Waals surface area contributed by atoms with Gasteiger partial charge in [0.05, 0.1) is 0 Å². The first-order valence-corrected chi connectivity index (χ1v) is 5.29. The highest BCUT2D eigenvalue weighted by Gasteiger charge is 2.08. The van der Waals surface area contributed by atoms with Crippen molar-refractivity contribution >= 4 is 0 Å². The molecule has 0 radical (unpaired) electrons. The lowest BCUT2D eigenvalue weighted by atomic mass is 9.98. The number of hydrogen-bond donors (Lipinski definition) is 0. The van der Waals surface area contributed by atoms with Gasteiger partial charge in [0.1, 0.15) is 5.75 Å². The average molecular weight is 208 g/mol. The van der Waals surface area contributed by atoms with E-state index in [4.69, 9.17) is 9.47 Å². The molecule has 0 aliphatic rings. The topological polar surface area (TPSA) is 18.5 Å². The van der Waals surface area contributed by atoms with E-state index < -0.39 is 0 Å². The second kappa shape index (κ2) is 5.17. The standard InChI is InChI=1S/C13H20O2/c1-9(2)12-6-10(3)13(11(4)7-12)15-8-14-5/h6-7,9H,8H2,1-5H3. The molecule has 84 valence electrons. The largest absolute Gasteiger partial charge is 0.467 e.